The molecule has 1 heterocycles. The normalized spacial score (nSPS) is 10.4. The Labute approximate surface area is 215 Å². The number of methoxy groups -OCH3 is 1. The Bertz CT molecular complexity index is 1000. The number of ether oxygens (including phenoxy) is 1. The summed E-state index contributed by atoms with van der Waals surface area (Å²) in [5, 5.41) is 5.15. The van der Waals surface area contributed by atoms with Crippen molar-refractivity contribution >= 4 is 18.4 Å². The van der Waals surface area contributed by atoms with Gasteiger partial charge in [-0.2, -0.15) is 0 Å². The van der Waals surface area contributed by atoms with Gasteiger partial charge in [0.15, 0.2) is 0 Å². The quantitative estimate of drug-likeness (QED) is 0.151. The van der Waals surface area contributed by atoms with Gasteiger partial charge in [0.05, 0.1) is 12.9 Å². The van der Waals surface area contributed by atoms with Crippen LogP contribution in [0.1, 0.15) is 48.1 Å². The van der Waals surface area contributed by atoms with Gasteiger partial charge >= 0.3 is 0 Å². The van der Waals surface area contributed by atoms with Crippen molar-refractivity contribution < 1.29 is 14.3 Å². The molecule has 0 saturated carbocycles. The first-order chi connectivity index (χ1) is 17.5. The van der Waals surface area contributed by atoms with Crippen LogP contribution in [-0.2, 0) is 22.4 Å². The molecule has 36 heavy (non-hydrogen) atoms. The van der Waals surface area contributed by atoms with E-state index in [-0.39, 0.29) is 5.91 Å². The van der Waals surface area contributed by atoms with Crippen LogP contribution >= 0.6 is 0 Å². The van der Waals surface area contributed by atoms with Crippen LogP contribution < -0.4 is 10.6 Å². The van der Waals surface area contributed by atoms with Gasteiger partial charge in [-0.15, -0.1) is 0 Å². The lowest BCUT2D eigenvalue weighted by molar-refractivity contribution is -0.109. The zero-order valence-electron chi connectivity index (χ0n) is 21.8. The topological polar surface area (TPSA) is 83.2 Å². The fourth-order valence-electron chi connectivity index (χ4n) is 2.83. The minimum Gasteiger partial charge on any atom is -0.501 e. The number of H-pyrrole nitrogens is 1. The van der Waals surface area contributed by atoms with Crippen molar-refractivity contribution in [2.45, 2.75) is 33.6 Å². The molecule has 0 aliphatic carbocycles. The molecular formula is C30H39N3O3. The summed E-state index contributed by atoms with van der Waals surface area (Å²) in [7, 11) is 1.61. The number of aromatic nitrogens is 1. The van der Waals surface area contributed by atoms with Gasteiger partial charge in [0.2, 0.25) is 6.41 Å². The van der Waals surface area contributed by atoms with Gasteiger partial charge in [-0.05, 0) is 55.2 Å². The number of rotatable bonds is 10. The largest absolute Gasteiger partial charge is 0.501 e. The number of benzene rings is 2. The standard InChI is InChI=1S/C14H19N3O3.2C8H10/c1-11(20-2)4-3-5-12-6-7-13(17-12)14(19)16-9-8-15-10-18;2*1-2-8-6-4-3-5-7-8/h3-7,10,17H,8-9H2,1-2H3,(H,15,18)(H,16,19);2*3-7H,2H2,1H3/b5-3-,11-4+;;. The summed E-state index contributed by atoms with van der Waals surface area (Å²) in [6.45, 7) is 6.97. The van der Waals surface area contributed by atoms with Crippen LogP contribution in [0, 0.1) is 0 Å². The molecule has 3 aromatic rings. The molecule has 0 spiro atoms. The van der Waals surface area contributed by atoms with Crippen LogP contribution in [0.4, 0.5) is 0 Å². The number of amides is 2. The number of carbonyl (C=O) groups excluding carboxylic acids is 2. The lowest BCUT2D eigenvalue weighted by Gasteiger charge is -2.02. The molecular weight excluding hydrogens is 450 g/mol. The number of aromatic amines is 1. The molecule has 0 aliphatic heterocycles. The zero-order valence-corrected chi connectivity index (χ0v) is 21.8. The van der Waals surface area contributed by atoms with Crippen molar-refractivity contribution in [3.8, 4) is 0 Å². The zero-order chi connectivity index (χ0) is 26.4. The molecule has 192 valence electrons. The van der Waals surface area contributed by atoms with Gasteiger partial charge in [0, 0.05) is 18.8 Å². The van der Waals surface area contributed by atoms with E-state index in [4.69, 9.17) is 4.74 Å². The third-order valence-corrected chi connectivity index (χ3v) is 5.02. The summed E-state index contributed by atoms with van der Waals surface area (Å²) in [5.41, 5.74) is 4.12. The molecule has 0 bridgehead atoms. The highest BCUT2D eigenvalue weighted by molar-refractivity contribution is 5.92. The van der Waals surface area contributed by atoms with E-state index in [1.165, 1.54) is 11.1 Å². The fraction of sp³-hybridized carbons (Fsp3) is 0.267. The molecule has 6 nitrogen and oxygen atoms in total. The minimum absolute atomic E-state index is 0.207. The first-order valence-corrected chi connectivity index (χ1v) is 12.1. The first-order valence-electron chi connectivity index (χ1n) is 12.1. The highest BCUT2D eigenvalue weighted by Crippen LogP contribution is 2.05. The van der Waals surface area contributed by atoms with Crippen molar-refractivity contribution in [1.82, 2.24) is 15.6 Å². The van der Waals surface area contributed by atoms with E-state index in [0.717, 1.165) is 24.3 Å². The molecule has 2 amide bonds. The van der Waals surface area contributed by atoms with Crippen LogP contribution in [0.2, 0.25) is 0 Å². The van der Waals surface area contributed by atoms with Gasteiger partial charge < -0.3 is 20.4 Å². The number of carbonyl (C=O) groups is 2. The maximum Gasteiger partial charge on any atom is 0.267 e. The predicted molar refractivity (Wildman–Crippen MR) is 149 cm³/mol. The number of hydrogen-bond acceptors (Lipinski definition) is 3. The van der Waals surface area contributed by atoms with Crippen molar-refractivity contribution in [3.05, 3.63) is 113 Å². The molecule has 0 unspecified atom stereocenters. The average Bonchev–Trinajstić information content (AvgIpc) is 3.41. The summed E-state index contributed by atoms with van der Waals surface area (Å²) in [6.07, 6.45) is 8.38. The lowest BCUT2D eigenvalue weighted by atomic mass is 10.2. The molecule has 3 rings (SSSR count). The molecule has 0 atom stereocenters. The summed E-state index contributed by atoms with van der Waals surface area (Å²) in [6, 6.07) is 24.4. The van der Waals surface area contributed by atoms with Crippen LogP contribution in [-0.4, -0.2) is 37.5 Å². The Kier molecular flexibility index (Phi) is 16.0. The Morgan fingerprint density at radius 2 is 1.47 bits per heavy atom. The highest BCUT2D eigenvalue weighted by Gasteiger charge is 2.06. The lowest BCUT2D eigenvalue weighted by Crippen LogP contribution is -2.31. The summed E-state index contributed by atoms with van der Waals surface area (Å²) >= 11 is 0. The smallest absolute Gasteiger partial charge is 0.267 e. The second-order valence-electron chi connectivity index (χ2n) is 7.67. The second kappa shape index (κ2) is 19.3. The van der Waals surface area contributed by atoms with E-state index in [0.29, 0.717) is 25.2 Å². The monoisotopic (exact) mass is 489 g/mol. The molecule has 2 aromatic carbocycles. The molecule has 0 aliphatic rings. The van der Waals surface area contributed by atoms with Crippen LogP contribution in [0.5, 0.6) is 0 Å². The maximum absolute atomic E-state index is 11.7. The van der Waals surface area contributed by atoms with Gasteiger partial charge in [-0.3, -0.25) is 9.59 Å². The van der Waals surface area contributed by atoms with E-state index < -0.39 is 0 Å². The van der Waals surface area contributed by atoms with E-state index in [2.05, 4.69) is 78.0 Å². The second-order valence-corrected chi connectivity index (χ2v) is 7.67. The Morgan fingerprint density at radius 1 is 0.889 bits per heavy atom. The summed E-state index contributed by atoms with van der Waals surface area (Å²) < 4.78 is 5.00. The van der Waals surface area contributed by atoms with E-state index >= 15 is 0 Å². The van der Waals surface area contributed by atoms with Crippen molar-refractivity contribution in [2.24, 2.45) is 0 Å². The number of aryl methyl sites for hydroxylation is 2. The van der Waals surface area contributed by atoms with E-state index in [1.807, 2.05) is 43.4 Å². The van der Waals surface area contributed by atoms with Crippen LogP contribution in [0.25, 0.3) is 6.08 Å². The molecule has 6 heteroatoms. The van der Waals surface area contributed by atoms with Crippen molar-refractivity contribution in [2.75, 3.05) is 20.2 Å². The minimum atomic E-state index is -0.207. The SMILES string of the molecule is CCc1ccccc1.CCc1ccccc1.CO/C(C)=C/C=C\c1ccc(C(=O)NCCNC=O)[nH]1. The maximum atomic E-state index is 11.7. The molecule has 0 fully saturated rings. The number of hydrogen-bond donors (Lipinski definition) is 3. The Balaban J connectivity index is 0.000000328. The van der Waals surface area contributed by atoms with Gasteiger partial charge in [-0.1, -0.05) is 80.6 Å². The molecule has 1 aromatic heterocycles. The third-order valence-electron chi connectivity index (χ3n) is 5.02. The Morgan fingerprint density at radius 3 is 1.94 bits per heavy atom. The number of allylic oxidation sites excluding steroid dienone is 3. The predicted octanol–water partition coefficient (Wildman–Crippen LogP) is 5.55. The first kappa shape index (κ1) is 30.0. The summed E-state index contributed by atoms with van der Waals surface area (Å²) in [4.78, 5) is 24.8. The van der Waals surface area contributed by atoms with Crippen molar-refractivity contribution in [1.29, 1.82) is 0 Å². The Hall–Kier alpha value is -4.06. The fourth-order valence-corrected chi connectivity index (χ4v) is 2.83. The van der Waals surface area contributed by atoms with Gasteiger partial charge in [0.1, 0.15) is 5.69 Å². The van der Waals surface area contributed by atoms with Crippen LogP contribution in [0.15, 0.2) is 90.7 Å². The van der Waals surface area contributed by atoms with Crippen molar-refractivity contribution in [3.63, 3.8) is 0 Å². The number of nitrogens with one attached hydrogen (secondary N) is 3. The van der Waals surface area contributed by atoms with E-state index in [9.17, 15) is 9.59 Å². The average molecular weight is 490 g/mol. The molecule has 3 N–H and O–H groups in total. The molecule has 0 saturated heterocycles. The van der Waals surface area contributed by atoms with Gasteiger partial charge in [0.25, 0.3) is 5.91 Å². The third kappa shape index (κ3) is 13.6. The summed E-state index contributed by atoms with van der Waals surface area (Å²) in [5.74, 6) is 0.592. The highest BCUT2D eigenvalue weighted by atomic mass is 16.5. The molecule has 0 radical (unpaired) electrons. The van der Waals surface area contributed by atoms with Gasteiger partial charge in [-0.25, -0.2) is 0 Å². The van der Waals surface area contributed by atoms with E-state index in [1.54, 1.807) is 13.2 Å². The van der Waals surface area contributed by atoms with Crippen LogP contribution in [0.3, 0.4) is 0 Å².